The largest absolute Gasteiger partial charge is 0.395 e. The molecular weight excluding hydrogens is 304 g/mol. The van der Waals surface area contributed by atoms with Crippen LogP contribution in [0.1, 0.15) is 19.8 Å². The second kappa shape index (κ2) is 8.17. The third-order valence-corrected chi connectivity index (χ3v) is 5.62. The maximum atomic E-state index is 11.9. The molecule has 0 radical (unpaired) electrons. The first kappa shape index (κ1) is 17.7. The van der Waals surface area contributed by atoms with Crippen LogP contribution in [0.25, 0.3) is 0 Å². The lowest BCUT2D eigenvalue weighted by atomic mass is 10.2. The van der Waals surface area contributed by atoms with Gasteiger partial charge in [0.2, 0.25) is 5.91 Å². The molecule has 2 N–H and O–H groups in total. The topological polar surface area (TPSA) is 86.7 Å². The second-order valence-corrected chi connectivity index (χ2v) is 7.83. The minimum atomic E-state index is -3.14. The fraction of sp³-hybridized carbons (Fsp3) is 0.917. The highest BCUT2D eigenvalue weighted by atomic mass is 35.5. The fourth-order valence-electron chi connectivity index (χ4n) is 2.19. The molecule has 6 nitrogen and oxygen atoms in total. The van der Waals surface area contributed by atoms with E-state index in [4.69, 9.17) is 16.7 Å². The Morgan fingerprint density at radius 3 is 2.60 bits per heavy atom. The molecule has 1 amide bonds. The molecule has 1 saturated heterocycles. The van der Waals surface area contributed by atoms with Crippen LogP contribution in [0, 0.1) is 0 Å². The summed E-state index contributed by atoms with van der Waals surface area (Å²) in [6.07, 6.45) is 1.96. The highest BCUT2D eigenvalue weighted by molar-refractivity contribution is 7.91. The van der Waals surface area contributed by atoms with Gasteiger partial charge in [-0.05, 0) is 13.0 Å². The Kier molecular flexibility index (Phi) is 7.22. The molecule has 1 aliphatic rings. The number of sulfone groups is 1. The van der Waals surface area contributed by atoms with E-state index in [1.165, 1.54) is 0 Å². The zero-order chi connectivity index (χ0) is 15.2. The minimum Gasteiger partial charge on any atom is -0.395 e. The van der Waals surface area contributed by atoms with E-state index in [9.17, 15) is 13.2 Å². The molecule has 8 heteroatoms. The summed E-state index contributed by atoms with van der Waals surface area (Å²) < 4.78 is 22.8. The molecule has 0 aromatic heterocycles. The first-order valence-corrected chi connectivity index (χ1v) is 9.10. The molecule has 1 rings (SSSR count). The summed E-state index contributed by atoms with van der Waals surface area (Å²) in [6.45, 7) is 3.37. The molecule has 1 fully saturated rings. The van der Waals surface area contributed by atoms with E-state index in [1.807, 2.05) is 4.90 Å². The van der Waals surface area contributed by atoms with Crippen LogP contribution in [0.2, 0.25) is 0 Å². The summed E-state index contributed by atoms with van der Waals surface area (Å²) in [5.74, 6) is -0.431. The van der Waals surface area contributed by atoms with Crippen molar-refractivity contribution in [3.63, 3.8) is 0 Å². The van der Waals surface area contributed by atoms with Gasteiger partial charge < -0.3 is 10.4 Å². The second-order valence-electron chi connectivity index (χ2n) is 5.12. The fourth-order valence-corrected chi connectivity index (χ4v) is 4.74. The van der Waals surface area contributed by atoms with Crippen LogP contribution in [0.15, 0.2) is 0 Å². The van der Waals surface area contributed by atoms with E-state index in [-0.39, 0.29) is 30.6 Å². The average Bonchev–Trinajstić information content (AvgIpc) is 2.59. The number of aliphatic hydroxyl groups excluding tert-OH is 1. The van der Waals surface area contributed by atoms with Crippen molar-refractivity contribution < 1.29 is 18.3 Å². The molecule has 0 aromatic rings. The molecule has 0 spiro atoms. The lowest BCUT2D eigenvalue weighted by Crippen LogP contribution is -2.46. The van der Waals surface area contributed by atoms with Gasteiger partial charge in [-0.3, -0.25) is 9.69 Å². The Bertz CT molecular complexity index is 416. The molecule has 20 heavy (non-hydrogen) atoms. The maximum Gasteiger partial charge on any atom is 0.234 e. The number of amides is 1. The van der Waals surface area contributed by atoms with E-state index >= 15 is 0 Å². The zero-order valence-electron chi connectivity index (χ0n) is 11.7. The molecule has 0 aliphatic carbocycles. The average molecular weight is 327 g/mol. The maximum absolute atomic E-state index is 11.9. The number of alkyl halides is 1. The van der Waals surface area contributed by atoms with E-state index < -0.39 is 21.3 Å². The number of carbonyl (C=O) groups is 1. The minimum absolute atomic E-state index is 0.00701. The smallest absolute Gasteiger partial charge is 0.234 e. The predicted octanol–water partition coefficient (Wildman–Crippen LogP) is -0.399. The molecule has 118 valence electrons. The van der Waals surface area contributed by atoms with Crippen molar-refractivity contribution >= 4 is 27.3 Å². The number of halogens is 1. The normalized spacial score (nSPS) is 25.0. The van der Waals surface area contributed by atoms with Crippen LogP contribution in [-0.4, -0.2) is 73.5 Å². The van der Waals surface area contributed by atoms with Gasteiger partial charge in [-0.15, -0.1) is 11.6 Å². The highest BCUT2D eigenvalue weighted by Crippen LogP contribution is 2.17. The van der Waals surface area contributed by atoms with Crippen molar-refractivity contribution in [2.75, 3.05) is 37.7 Å². The summed E-state index contributed by atoms with van der Waals surface area (Å²) >= 11 is 5.94. The van der Waals surface area contributed by atoms with Crippen molar-refractivity contribution in [1.29, 1.82) is 0 Å². The first-order chi connectivity index (χ1) is 9.38. The Hall–Kier alpha value is -0.370. The van der Waals surface area contributed by atoms with Gasteiger partial charge in [0.25, 0.3) is 0 Å². The molecule has 2 atom stereocenters. The van der Waals surface area contributed by atoms with Gasteiger partial charge >= 0.3 is 0 Å². The SMILES string of the molecule is CCCCN(CCO)CC(=O)NC1CS(=O)(=O)CC1Cl. The van der Waals surface area contributed by atoms with Gasteiger partial charge in [-0.25, -0.2) is 8.42 Å². The van der Waals surface area contributed by atoms with Gasteiger partial charge in [-0.1, -0.05) is 13.3 Å². The summed E-state index contributed by atoms with van der Waals surface area (Å²) in [7, 11) is -3.14. The van der Waals surface area contributed by atoms with Crippen LogP contribution in [-0.2, 0) is 14.6 Å². The number of nitrogens with one attached hydrogen (secondary N) is 1. The Morgan fingerprint density at radius 2 is 2.10 bits per heavy atom. The molecule has 2 unspecified atom stereocenters. The van der Waals surface area contributed by atoms with E-state index in [0.29, 0.717) is 6.54 Å². The van der Waals surface area contributed by atoms with Crippen LogP contribution in [0.4, 0.5) is 0 Å². The molecular formula is C12H23ClN2O4S. The number of carbonyl (C=O) groups excluding carboxylic acids is 1. The Morgan fingerprint density at radius 1 is 1.40 bits per heavy atom. The van der Waals surface area contributed by atoms with Crippen molar-refractivity contribution in [3.8, 4) is 0 Å². The number of unbranched alkanes of at least 4 members (excludes halogenated alkanes) is 1. The van der Waals surface area contributed by atoms with Crippen LogP contribution in [0.3, 0.4) is 0 Å². The van der Waals surface area contributed by atoms with Crippen molar-refractivity contribution in [1.82, 2.24) is 10.2 Å². The van der Waals surface area contributed by atoms with Crippen LogP contribution >= 0.6 is 11.6 Å². The molecule has 0 saturated carbocycles. The van der Waals surface area contributed by atoms with Crippen molar-refractivity contribution in [2.45, 2.75) is 31.2 Å². The Balaban J connectivity index is 2.45. The number of rotatable bonds is 8. The number of aliphatic hydroxyl groups is 1. The molecule has 1 heterocycles. The Labute approximate surface area is 125 Å². The number of nitrogens with zero attached hydrogens (tertiary/aromatic N) is 1. The first-order valence-electron chi connectivity index (χ1n) is 6.85. The monoisotopic (exact) mass is 326 g/mol. The predicted molar refractivity (Wildman–Crippen MR) is 78.7 cm³/mol. The number of hydrogen-bond donors (Lipinski definition) is 2. The van der Waals surface area contributed by atoms with Crippen LogP contribution in [0.5, 0.6) is 0 Å². The van der Waals surface area contributed by atoms with Gasteiger partial charge in [0, 0.05) is 6.54 Å². The van der Waals surface area contributed by atoms with Crippen molar-refractivity contribution in [2.24, 2.45) is 0 Å². The molecule has 0 bridgehead atoms. The van der Waals surface area contributed by atoms with E-state index in [2.05, 4.69) is 12.2 Å². The quantitative estimate of drug-likeness (QED) is 0.593. The van der Waals surface area contributed by atoms with Gasteiger partial charge in [-0.2, -0.15) is 0 Å². The lowest BCUT2D eigenvalue weighted by Gasteiger charge is -2.22. The van der Waals surface area contributed by atoms with Gasteiger partial charge in [0.05, 0.1) is 36.1 Å². The van der Waals surface area contributed by atoms with Crippen molar-refractivity contribution in [3.05, 3.63) is 0 Å². The third kappa shape index (κ3) is 5.95. The van der Waals surface area contributed by atoms with E-state index in [0.717, 1.165) is 19.4 Å². The lowest BCUT2D eigenvalue weighted by molar-refractivity contribution is -0.122. The van der Waals surface area contributed by atoms with Gasteiger partial charge in [0.1, 0.15) is 0 Å². The standard InChI is InChI=1S/C12H23ClN2O4S/c1-2-3-4-15(5-6-16)7-12(17)14-11-9-20(18,19)8-10(11)13/h10-11,16H,2-9H2,1H3,(H,14,17). The zero-order valence-corrected chi connectivity index (χ0v) is 13.3. The van der Waals surface area contributed by atoms with Gasteiger partial charge in [0.15, 0.2) is 9.84 Å². The number of hydrogen-bond acceptors (Lipinski definition) is 5. The molecule has 0 aromatic carbocycles. The summed E-state index contributed by atoms with van der Waals surface area (Å²) in [6, 6.07) is -0.517. The summed E-state index contributed by atoms with van der Waals surface area (Å²) in [4.78, 5) is 13.8. The van der Waals surface area contributed by atoms with E-state index in [1.54, 1.807) is 0 Å². The summed E-state index contributed by atoms with van der Waals surface area (Å²) in [5.41, 5.74) is 0. The summed E-state index contributed by atoms with van der Waals surface area (Å²) in [5, 5.41) is 11.1. The highest BCUT2D eigenvalue weighted by Gasteiger charge is 2.37. The van der Waals surface area contributed by atoms with Crippen LogP contribution < -0.4 is 5.32 Å². The molecule has 1 aliphatic heterocycles. The third-order valence-electron chi connectivity index (χ3n) is 3.24.